The van der Waals surface area contributed by atoms with Gasteiger partial charge in [0, 0.05) is 0 Å². The summed E-state index contributed by atoms with van der Waals surface area (Å²) in [6.07, 6.45) is 0. The topological polar surface area (TPSA) is 61.5 Å². The van der Waals surface area contributed by atoms with Crippen molar-refractivity contribution in [2.24, 2.45) is 0 Å². The maximum atomic E-state index is 12.7. The molecule has 0 aliphatic rings. The molecule has 2 rings (SSSR count). The van der Waals surface area contributed by atoms with Gasteiger partial charge in [0.25, 0.3) is 0 Å². The van der Waals surface area contributed by atoms with E-state index in [-0.39, 0.29) is 19.0 Å². The Labute approximate surface area is 115 Å². The van der Waals surface area contributed by atoms with E-state index in [1.807, 2.05) is 0 Å². The summed E-state index contributed by atoms with van der Waals surface area (Å²) in [5.74, 6) is -0.410. The second-order valence-corrected chi connectivity index (χ2v) is 4.11. The van der Waals surface area contributed by atoms with E-state index >= 15 is 0 Å². The molecule has 0 atom stereocenters. The molecule has 0 aliphatic carbocycles. The number of halogens is 1. The highest BCUT2D eigenvalue weighted by Crippen LogP contribution is 2.19. The first-order chi connectivity index (χ1) is 9.65. The number of benzene rings is 2. The van der Waals surface area contributed by atoms with Crippen molar-refractivity contribution in [1.29, 1.82) is 0 Å². The maximum Gasteiger partial charge on any atom is 0.344 e. The number of nitrogen functional groups attached to an aromatic ring is 1. The smallest absolute Gasteiger partial charge is 0.344 e. The van der Waals surface area contributed by atoms with Gasteiger partial charge in [0.1, 0.15) is 18.2 Å². The molecule has 104 valence electrons. The molecule has 0 radical (unpaired) electrons. The average Bonchev–Trinajstić information content (AvgIpc) is 2.46. The van der Waals surface area contributed by atoms with Crippen LogP contribution in [0.1, 0.15) is 5.56 Å². The van der Waals surface area contributed by atoms with Gasteiger partial charge < -0.3 is 15.2 Å². The Bertz CT molecular complexity index is 584. The van der Waals surface area contributed by atoms with Gasteiger partial charge in [0.15, 0.2) is 6.61 Å². The molecule has 4 nitrogen and oxygen atoms in total. The number of nitrogens with two attached hydrogens (primary N) is 1. The summed E-state index contributed by atoms with van der Waals surface area (Å²) in [7, 11) is 0. The Kier molecular flexibility index (Phi) is 4.55. The second kappa shape index (κ2) is 6.56. The maximum absolute atomic E-state index is 12.7. The standard InChI is InChI=1S/C15H14FNO3/c16-12-7-5-11(6-8-12)9-20-15(18)10-19-14-4-2-1-3-13(14)17/h1-8H,9-10,17H2. The Morgan fingerprint density at radius 3 is 2.50 bits per heavy atom. The van der Waals surface area contributed by atoms with Crippen LogP contribution in [0.25, 0.3) is 0 Å². The van der Waals surface area contributed by atoms with Crippen molar-refractivity contribution in [3.63, 3.8) is 0 Å². The molecule has 2 aromatic rings. The number of carbonyl (C=O) groups is 1. The third kappa shape index (κ3) is 3.98. The summed E-state index contributed by atoms with van der Waals surface area (Å²) in [6, 6.07) is 12.6. The summed E-state index contributed by atoms with van der Waals surface area (Å²) in [5, 5.41) is 0. The summed E-state index contributed by atoms with van der Waals surface area (Å²) < 4.78 is 22.9. The van der Waals surface area contributed by atoms with E-state index in [0.29, 0.717) is 17.0 Å². The molecule has 0 unspecified atom stereocenters. The van der Waals surface area contributed by atoms with Gasteiger partial charge in [-0.1, -0.05) is 24.3 Å². The van der Waals surface area contributed by atoms with Gasteiger partial charge in [0.2, 0.25) is 0 Å². The molecule has 0 bridgehead atoms. The number of rotatable bonds is 5. The zero-order valence-corrected chi connectivity index (χ0v) is 10.7. The summed E-state index contributed by atoms with van der Waals surface area (Å²) in [5.41, 5.74) is 6.84. The second-order valence-electron chi connectivity index (χ2n) is 4.11. The van der Waals surface area contributed by atoms with Crippen LogP contribution in [0.5, 0.6) is 5.75 Å². The fourth-order valence-corrected chi connectivity index (χ4v) is 1.53. The van der Waals surface area contributed by atoms with E-state index in [1.165, 1.54) is 12.1 Å². The molecule has 0 saturated heterocycles. The van der Waals surface area contributed by atoms with Gasteiger partial charge in [-0.25, -0.2) is 9.18 Å². The van der Waals surface area contributed by atoms with Crippen LogP contribution in [0, 0.1) is 5.82 Å². The average molecular weight is 275 g/mol. The van der Waals surface area contributed by atoms with Crippen molar-refractivity contribution in [3.05, 3.63) is 59.9 Å². The van der Waals surface area contributed by atoms with Crippen LogP contribution in [0.15, 0.2) is 48.5 Å². The lowest BCUT2D eigenvalue weighted by molar-refractivity contribution is -0.147. The Balaban J connectivity index is 1.78. The molecule has 0 fully saturated rings. The van der Waals surface area contributed by atoms with Gasteiger partial charge in [-0.2, -0.15) is 0 Å². The van der Waals surface area contributed by atoms with Crippen molar-refractivity contribution < 1.29 is 18.7 Å². The van der Waals surface area contributed by atoms with Crippen LogP contribution >= 0.6 is 0 Å². The van der Waals surface area contributed by atoms with E-state index < -0.39 is 5.97 Å². The Morgan fingerprint density at radius 2 is 1.80 bits per heavy atom. The zero-order chi connectivity index (χ0) is 14.4. The number of anilines is 1. The van der Waals surface area contributed by atoms with Crippen LogP contribution < -0.4 is 10.5 Å². The van der Waals surface area contributed by atoms with Gasteiger partial charge in [-0.15, -0.1) is 0 Å². The highest BCUT2D eigenvalue weighted by molar-refractivity contribution is 5.71. The van der Waals surface area contributed by atoms with Crippen LogP contribution in [0.2, 0.25) is 0 Å². The quantitative estimate of drug-likeness (QED) is 0.673. The highest BCUT2D eigenvalue weighted by atomic mass is 19.1. The minimum absolute atomic E-state index is 0.0761. The van der Waals surface area contributed by atoms with Gasteiger partial charge in [0.05, 0.1) is 5.69 Å². The van der Waals surface area contributed by atoms with Gasteiger partial charge in [-0.3, -0.25) is 0 Å². The van der Waals surface area contributed by atoms with E-state index in [2.05, 4.69) is 0 Å². The first-order valence-electron chi connectivity index (χ1n) is 6.02. The van der Waals surface area contributed by atoms with Crippen LogP contribution in [0.4, 0.5) is 10.1 Å². The lowest BCUT2D eigenvalue weighted by atomic mass is 10.2. The van der Waals surface area contributed by atoms with Crippen molar-refractivity contribution in [1.82, 2.24) is 0 Å². The molecule has 5 heteroatoms. The monoisotopic (exact) mass is 275 g/mol. The summed E-state index contributed by atoms with van der Waals surface area (Å²) in [4.78, 5) is 11.5. The van der Waals surface area contributed by atoms with Crippen LogP contribution in [0.3, 0.4) is 0 Å². The number of ether oxygens (including phenoxy) is 2. The molecule has 2 aromatic carbocycles. The first-order valence-corrected chi connectivity index (χ1v) is 6.02. The van der Waals surface area contributed by atoms with Crippen LogP contribution in [-0.4, -0.2) is 12.6 Å². The Hall–Kier alpha value is -2.56. The molecular weight excluding hydrogens is 261 g/mol. The first kappa shape index (κ1) is 13.9. The number of hydrogen-bond donors (Lipinski definition) is 1. The minimum atomic E-state index is -0.516. The summed E-state index contributed by atoms with van der Waals surface area (Å²) >= 11 is 0. The van der Waals surface area contributed by atoms with Crippen molar-refractivity contribution in [3.8, 4) is 5.75 Å². The van der Waals surface area contributed by atoms with Gasteiger partial charge >= 0.3 is 5.97 Å². The van der Waals surface area contributed by atoms with Crippen LogP contribution in [-0.2, 0) is 16.1 Å². The number of esters is 1. The third-order valence-electron chi connectivity index (χ3n) is 2.58. The highest BCUT2D eigenvalue weighted by Gasteiger charge is 2.06. The lowest BCUT2D eigenvalue weighted by Gasteiger charge is -2.08. The van der Waals surface area contributed by atoms with Crippen molar-refractivity contribution >= 4 is 11.7 Å². The summed E-state index contributed by atoms with van der Waals surface area (Å²) in [6.45, 7) is -0.151. The fraction of sp³-hybridized carbons (Fsp3) is 0.133. The molecule has 0 amide bonds. The van der Waals surface area contributed by atoms with E-state index in [9.17, 15) is 9.18 Å². The number of para-hydroxylation sites is 2. The predicted octanol–water partition coefficient (Wildman–Crippen LogP) is 2.53. The lowest BCUT2D eigenvalue weighted by Crippen LogP contribution is -2.15. The third-order valence-corrected chi connectivity index (χ3v) is 2.58. The zero-order valence-electron chi connectivity index (χ0n) is 10.7. The number of hydrogen-bond acceptors (Lipinski definition) is 4. The molecule has 0 heterocycles. The minimum Gasteiger partial charge on any atom is -0.480 e. The van der Waals surface area contributed by atoms with E-state index in [1.54, 1.807) is 36.4 Å². The van der Waals surface area contributed by atoms with Gasteiger partial charge in [-0.05, 0) is 29.8 Å². The fourth-order valence-electron chi connectivity index (χ4n) is 1.53. The molecule has 2 N–H and O–H groups in total. The predicted molar refractivity (Wildman–Crippen MR) is 72.5 cm³/mol. The molecule has 0 saturated carbocycles. The largest absolute Gasteiger partial charge is 0.480 e. The molecule has 0 spiro atoms. The molecule has 20 heavy (non-hydrogen) atoms. The van der Waals surface area contributed by atoms with E-state index in [4.69, 9.17) is 15.2 Å². The normalized spacial score (nSPS) is 10.1. The van der Waals surface area contributed by atoms with Crippen molar-refractivity contribution in [2.75, 3.05) is 12.3 Å². The van der Waals surface area contributed by atoms with E-state index in [0.717, 1.165) is 0 Å². The Morgan fingerprint density at radius 1 is 1.10 bits per heavy atom. The molecule has 0 aliphatic heterocycles. The molecular formula is C15H14FNO3. The van der Waals surface area contributed by atoms with Crippen molar-refractivity contribution in [2.45, 2.75) is 6.61 Å². The SMILES string of the molecule is Nc1ccccc1OCC(=O)OCc1ccc(F)cc1. The molecule has 0 aromatic heterocycles. The number of carbonyl (C=O) groups excluding carboxylic acids is 1.